The van der Waals surface area contributed by atoms with E-state index in [9.17, 15) is 27.1 Å². The summed E-state index contributed by atoms with van der Waals surface area (Å²) in [5.74, 6) is -9.88. The summed E-state index contributed by atoms with van der Waals surface area (Å²) in [6.45, 7) is 1.26. The minimum Gasteiger partial charge on any atom is -0.388 e. The van der Waals surface area contributed by atoms with E-state index in [4.69, 9.17) is 0 Å². The van der Waals surface area contributed by atoms with Crippen molar-refractivity contribution in [2.45, 2.75) is 18.9 Å². The number of benzene rings is 1. The predicted octanol–water partition coefficient (Wildman–Crippen LogP) is 2.34. The Morgan fingerprint density at radius 1 is 0.944 bits per heavy atom. The number of rotatable bonds is 1. The topological polar surface area (TPSA) is 23.5 Å². The quantitative estimate of drug-likeness (QED) is 0.479. The van der Waals surface area contributed by atoms with Gasteiger partial charge in [0.1, 0.15) is 5.69 Å². The summed E-state index contributed by atoms with van der Waals surface area (Å²) in [5, 5.41) is 9.65. The Balaban J connectivity index is 2.52. The zero-order valence-electron chi connectivity index (χ0n) is 9.41. The van der Waals surface area contributed by atoms with Crippen molar-refractivity contribution in [3.05, 3.63) is 29.1 Å². The molecule has 0 bridgehead atoms. The van der Waals surface area contributed by atoms with Gasteiger partial charge in [0.2, 0.25) is 5.82 Å². The average Bonchev–Trinajstić information content (AvgIpc) is 2.64. The molecule has 2 rings (SSSR count). The first-order valence-electron chi connectivity index (χ1n) is 5.23. The van der Waals surface area contributed by atoms with Crippen LogP contribution in [0.5, 0.6) is 0 Å². The molecular formula is C11H10F5NO. The van der Waals surface area contributed by atoms with Crippen molar-refractivity contribution in [1.82, 2.24) is 0 Å². The van der Waals surface area contributed by atoms with Crippen molar-refractivity contribution >= 4 is 5.69 Å². The molecule has 1 aromatic carbocycles. The minimum absolute atomic E-state index is 0.0192. The molecule has 1 atom stereocenters. The van der Waals surface area contributed by atoms with Gasteiger partial charge in [0.25, 0.3) is 0 Å². The van der Waals surface area contributed by atoms with Gasteiger partial charge in [-0.1, -0.05) is 0 Å². The molecule has 1 aliphatic rings. The van der Waals surface area contributed by atoms with Crippen molar-refractivity contribution in [3.63, 3.8) is 0 Å². The molecule has 0 saturated carbocycles. The summed E-state index contributed by atoms with van der Waals surface area (Å²) in [4.78, 5) is 0.955. The van der Waals surface area contributed by atoms with E-state index in [1.807, 2.05) is 0 Å². The van der Waals surface area contributed by atoms with Crippen LogP contribution < -0.4 is 4.90 Å². The fourth-order valence-electron chi connectivity index (χ4n) is 2.01. The zero-order valence-corrected chi connectivity index (χ0v) is 9.41. The largest absolute Gasteiger partial charge is 0.388 e. The van der Waals surface area contributed by atoms with E-state index in [1.165, 1.54) is 6.92 Å². The Morgan fingerprint density at radius 3 is 1.78 bits per heavy atom. The lowest BCUT2D eigenvalue weighted by molar-refractivity contribution is 0.0838. The summed E-state index contributed by atoms with van der Waals surface area (Å²) >= 11 is 0. The van der Waals surface area contributed by atoms with Crippen LogP contribution in [0.3, 0.4) is 0 Å². The monoisotopic (exact) mass is 267 g/mol. The molecule has 1 N–H and O–H groups in total. The average molecular weight is 267 g/mol. The number of hydrogen-bond acceptors (Lipinski definition) is 2. The number of aliphatic hydroxyl groups is 1. The molecular weight excluding hydrogens is 257 g/mol. The molecule has 100 valence electrons. The lowest BCUT2D eigenvalue weighted by atomic mass is 10.1. The van der Waals surface area contributed by atoms with Gasteiger partial charge in [0, 0.05) is 13.1 Å². The molecule has 18 heavy (non-hydrogen) atoms. The number of halogens is 5. The maximum absolute atomic E-state index is 13.5. The first kappa shape index (κ1) is 13.1. The second-order valence-electron chi connectivity index (χ2n) is 4.59. The highest BCUT2D eigenvalue weighted by atomic mass is 19.2. The van der Waals surface area contributed by atoms with E-state index in [1.54, 1.807) is 0 Å². The normalized spacial score (nSPS) is 23.8. The molecule has 0 amide bonds. The van der Waals surface area contributed by atoms with Gasteiger partial charge in [-0.3, -0.25) is 0 Å². The van der Waals surface area contributed by atoms with Gasteiger partial charge >= 0.3 is 0 Å². The van der Waals surface area contributed by atoms with Crippen LogP contribution in [0.4, 0.5) is 27.6 Å². The highest BCUT2D eigenvalue weighted by molar-refractivity contribution is 5.52. The fraction of sp³-hybridized carbons (Fsp3) is 0.455. The number of hydrogen-bond donors (Lipinski definition) is 1. The van der Waals surface area contributed by atoms with Gasteiger partial charge in [-0.05, 0) is 13.3 Å². The van der Waals surface area contributed by atoms with Gasteiger partial charge in [0.15, 0.2) is 23.3 Å². The molecule has 0 aliphatic carbocycles. The third-order valence-electron chi connectivity index (χ3n) is 2.95. The molecule has 0 radical (unpaired) electrons. The van der Waals surface area contributed by atoms with Crippen molar-refractivity contribution in [2.75, 3.05) is 18.0 Å². The molecule has 1 saturated heterocycles. The van der Waals surface area contributed by atoms with Gasteiger partial charge in [-0.2, -0.15) is 0 Å². The molecule has 0 spiro atoms. The Kier molecular flexibility index (Phi) is 2.96. The summed E-state index contributed by atoms with van der Waals surface area (Å²) < 4.78 is 65.8. The van der Waals surface area contributed by atoms with Crippen molar-refractivity contribution in [3.8, 4) is 0 Å². The maximum atomic E-state index is 13.5. The van der Waals surface area contributed by atoms with Crippen LogP contribution in [0.1, 0.15) is 13.3 Å². The number of nitrogens with zero attached hydrogens (tertiary/aromatic N) is 1. The Bertz CT molecular complexity index is 474. The van der Waals surface area contributed by atoms with Crippen molar-refractivity contribution in [2.24, 2.45) is 0 Å². The Labute approximate surface area is 99.6 Å². The molecule has 1 heterocycles. The molecule has 7 heteroatoms. The van der Waals surface area contributed by atoms with E-state index in [0.29, 0.717) is 0 Å². The van der Waals surface area contributed by atoms with E-state index in [2.05, 4.69) is 0 Å². The van der Waals surface area contributed by atoms with Crippen LogP contribution in [-0.2, 0) is 0 Å². The van der Waals surface area contributed by atoms with Gasteiger partial charge in [-0.15, -0.1) is 0 Å². The lowest BCUT2D eigenvalue weighted by Crippen LogP contribution is -2.31. The molecule has 2 nitrogen and oxygen atoms in total. The zero-order chi connectivity index (χ0) is 13.7. The second-order valence-corrected chi connectivity index (χ2v) is 4.59. The van der Waals surface area contributed by atoms with E-state index in [-0.39, 0.29) is 19.5 Å². The second kappa shape index (κ2) is 4.08. The van der Waals surface area contributed by atoms with Crippen LogP contribution in [0.2, 0.25) is 0 Å². The fourth-order valence-corrected chi connectivity index (χ4v) is 2.01. The maximum Gasteiger partial charge on any atom is 0.200 e. The molecule has 1 aromatic rings. The van der Waals surface area contributed by atoms with Gasteiger partial charge in [-0.25, -0.2) is 22.0 Å². The van der Waals surface area contributed by atoms with E-state index >= 15 is 0 Å². The summed E-state index contributed by atoms with van der Waals surface area (Å²) in [6.07, 6.45) is 0.187. The minimum atomic E-state index is -2.18. The number of β-amino-alcohol motifs (C(OH)–C–C–N with tert-alkyl or cyclic N) is 1. The first-order valence-corrected chi connectivity index (χ1v) is 5.23. The van der Waals surface area contributed by atoms with Gasteiger partial charge in [0.05, 0.1) is 5.60 Å². The smallest absolute Gasteiger partial charge is 0.200 e. The van der Waals surface area contributed by atoms with Crippen LogP contribution in [-0.4, -0.2) is 23.8 Å². The van der Waals surface area contributed by atoms with Crippen LogP contribution in [0, 0.1) is 29.1 Å². The van der Waals surface area contributed by atoms with Crippen LogP contribution in [0.15, 0.2) is 0 Å². The summed E-state index contributed by atoms with van der Waals surface area (Å²) in [6, 6.07) is 0. The highest BCUT2D eigenvalue weighted by Gasteiger charge is 2.37. The highest BCUT2D eigenvalue weighted by Crippen LogP contribution is 2.34. The van der Waals surface area contributed by atoms with Crippen molar-refractivity contribution in [1.29, 1.82) is 0 Å². The predicted molar refractivity (Wildman–Crippen MR) is 53.7 cm³/mol. The van der Waals surface area contributed by atoms with Crippen LogP contribution >= 0.6 is 0 Å². The Morgan fingerprint density at radius 2 is 1.39 bits per heavy atom. The molecule has 1 fully saturated rings. The standard InChI is InChI=1S/C11H10F5NO/c1-11(18)2-3-17(4-11)10-8(15)6(13)5(12)7(14)9(10)16/h18H,2-4H2,1H3. The third-order valence-corrected chi connectivity index (χ3v) is 2.95. The SMILES string of the molecule is CC1(O)CCN(c2c(F)c(F)c(F)c(F)c2F)C1. The van der Waals surface area contributed by atoms with Gasteiger partial charge < -0.3 is 10.0 Å². The summed E-state index contributed by atoms with van der Waals surface area (Å²) in [7, 11) is 0. The third kappa shape index (κ3) is 1.92. The van der Waals surface area contributed by atoms with Crippen molar-refractivity contribution < 1.29 is 27.1 Å². The van der Waals surface area contributed by atoms with E-state index < -0.39 is 40.4 Å². The molecule has 0 aromatic heterocycles. The lowest BCUT2D eigenvalue weighted by Gasteiger charge is -2.22. The summed E-state index contributed by atoms with van der Waals surface area (Å²) in [5.41, 5.74) is -2.19. The molecule has 1 aliphatic heterocycles. The first-order chi connectivity index (χ1) is 8.24. The number of anilines is 1. The Hall–Kier alpha value is -1.37. The van der Waals surface area contributed by atoms with E-state index in [0.717, 1.165) is 4.90 Å². The molecule has 1 unspecified atom stereocenters. The van der Waals surface area contributed by atoms with Crippen LogP contribution in [0.25, 0.3) is 0 Å².